The second-order valence-electron chi connectivity index (χ2n) is 7.13. The second kappa shape index (κ2) is 11.2. The normalized spacial score (nSPS) is 14.6. The molecule has 30 heavy (non-hydrogen) atoms. The molecule has 1 fully saturated rings. The van der Waals surface area contributed by atoms with Gasteiger partial charge in [0.15, 0.2) is 0 Å². The summed E-state index contributed by atoms with van der Waals surface area (Å²) in [6.07, 6.45) is 4.28. The number of piperazine rings is 1. The molecule has 0 spiro atoms. The lowest BCUT2D eigenvalue weighted by Crippen LogP contribution is -2.51. The maximum Gasteiger partial charge on any atom is 0.251 e. The molecule has 0 aromatic heterocycles. The Hall–Kier alpha value is -3.12. The molecule has 0 saturated carbocycles. The number of benzene rings is 2. The third-order valence-corrected chi connectivity index (χ3v) is 5.03. The zero-order valence-electron chi connectivity index (χ0n) is 17.4. The van der Waals surface area contributed by atoms with Crippen LogP contribution < -0.4 is 10.1 Å². The molecule has 2 amide bonds. The number of hydrogen-bond donors (Lipinski definition) is 1. The van der Waals surface area contributed by atoms with Gasteiger partial charge in [-0.1, -0.05) is 42.5 Å². The molecule has 3 rings (SSSR count). The number of rotatable bonds is 8. The van der Waals surface area contributed by atoms with Crippen LogP contribution in [0.25, 0.3) is 6.08 Å². The van der Waals surface area contributed by atoms with E-state index in [2.05, 4.69) is 34.5 Å². The van der Waals surface area contributed by atoms with Crippen molar-refractivity contribution in [2.75, 3.05) is 45.9 Å². The number of carbonyl (C=O) groups is 2. The van der Waals surface area contributed by atoms with E-state index in [1.807, 2.05) is 30.0 Å². The summed E-state index contributed by atoms with van der Waals surface area (Å²) in [5.74, 6) is 0.423. The Kier molecular flexibility index (Phi) is 8.03. The van der Waals surface area contributed by atoms with Gasteiger partial charge in [0.2, 0.25) is 5.91 Å². The molecule has 6 nitrogen and oxygen atoms in total. The Bertz CT molecular complexity index is 842. The number of amides is 2. The van der Waals surface area contributed by atoms with Crippen molar-refractivity contribution in [1.82, 2.24) is 15.1 Å². The van der Waals surface area contributed by atoms with Crippen LogP contribution in [0.4, 0.5) is 0 Å². The highest BCUT2D eigenvalue weighted by atomic mass is 16.5. The van der Waals surface area contributed by atoms with Gasteiger partial charge in [0, 0.05) is 38.3 Å². The van der Waals surface area contributed by atoms with Crippen molar-refractivity contribution in [2.45, 2.75) is 6.92 Å². The minimum Gasteiger partial charge on any atom is -0.494 e. The highest BCUT2D eigenvalue weighted by molar-refractivity contribution is 5.96. The highest BCUT2D eigenvalue weighted by Crippen LogP contribution is 2.12. The molecule has 0 aliphatic carbocycles. The summed E-state index contributed by atoms with van der Waals surface area (Å²) < 4.78 is 5.37. The van der Waals surface area contributed by atoms with E-state index in [1.165, 1.54) is 5.56 Å². The lowest BCUT2D eigenvalue weighted by molar-refractivity contribution is -0.131. The lowest BCUT2D eigenvalue weighted by Gasteiger charge is -2.34. The van der Waals surface area contributed by atoms with Crippen molar-refractivity contribution in [3.63, 3.8) is 0 Å². The predicted molar refractivity (Wildman–Crippen MR) is 118 cm³/mol. The fourth-order valence-electron chi connectivity index (χ4n) is 3.32. The predicted octanol–water partition coefficient (Wildman–Crippen LogP) is 2.67. The van der Waals surface area contributed by atoms with Crippen LogP contribution in [0, 0.1) is 0 Å². The summed E-state index contributed by atoms with van der Waals surface area (Å²) in [6, 6.07) is 17.1. The van der Waals surface area contributed by atoms with E-state index in [4.69, 9.17) is 4.74 Å². The first-order valence-corrected chi connectivity index (χ1v) is 10.4. The van der Waals surface area contributed by atoms with Crippen LogP contribution >= 0.6 is 0 Å². The molecule has 2 aromatic rings. The minimum absolute atomic E-state index is 0.0138. The lowest BCUT2D eigenvalue weighted by atomic mass is 10.2. The number of carbonyl (C=O) groups excluding carboxylic acids is 2. The largest absolute Gasteiger partial charge is 0.494 e. The molecule has 1 aliphatic heterocycles. The van der Waals surface area contributed by atoms with Crippen LogP contribution in [0.15, 0.2) is 60.7 Å². The smallest absolute Gasteiger partial charge is 0.251 e. The summed E-state index contributed by atoms with van der Waals surface area (Å²) in [6.45, 7) is 6.39. The molecular formula is C24H29N3O3. The minimum atomic E-state index is -0.254. The fourth-order valence-corrected chi connectivity index (χ4v) is 3.32. The molecule has 1 aliphatic rings. The van der Waals surface area contributed by atoms with Crippen LogP contribution in [0.3, 0.4) is 0 Å². The molecule has 158 valence electrons. The van der Waals surface area contributed by atoms with Gasteiger partial charge in [-0.3, -0.25) is 14.5 Å². The van der Waals surface area contributed by atoms with Crippen molar-refractivity contribution in [3.8, 4) is 5.75 Å². The Labute approximate surface area is 178 Å². The van der Waals surface area contributed by atoms with E-state index >= 15 is 0 Å². The first kappa shape index (κ1) is 21.6. The summed E-state index contributed by atoms with van der Waals surface area (Å²) in [5, 5.41) is 2.72. The third-order valence-electron chi connectivity index (χ3n) is 5.03. The van der Waals surface area contributed by atoms with Gasteiger partial charge in [0.1, 0.15) is 5.75 Å². The summed E-state index contributed by atoms with van der Waals surface area (Å²) >= 11 is 0. The van der Waals surface area contributed by atoms with Gasteiger partial charge >= 0.3 is 0 Å². The Morgan fingerprint density at radius 1 is 1.00 bits per heavy atom. The Balaban J connectivity index is 1.37. The topological polar surface area (TPSA) is 61.9 Å². The number of nitrogens with one attached hydrogen (secondary N) is 1. The monoisotopic (exact) mass is 407 g/mol. The third kappa shape index (κ3) is 6.46. The first-order chi connectivity index (χ1) is 14.7. The van der Waals surface area contributed by atoms with E-state index in [1.54, 1.807) is 24.3 Å². The molecule has 0 bridgehead atoms. The Morgan fingerprint density at radius 3 is 2.37 bits per heavy atom. The van der Waals surface area contributed by atoms with Crippen LogP contribution in [-0.2, 0) is 4.79 Å². The Morgan fingerprint density at radius 2 is 1.70 bits per heavy atom. The molecule has 0 unspecified atom stereocenters. The molecule has 1 N–H and O–H groups in total. The number of hydrogen-bond acceptors (Lipinski definition) is 4. The zero-order chi connectivity index (χ0) is 21.2. The van der Waals surface area contributed by atoms with Crippen LogP contribution in [-0.4, -0.2) is 67.5 Å². The quantitative estimate of drug-likeness (QED) is 0.731. The van der Waals surface area contributed by atoms with E-state index in [-0.39, 0.29) is 18.4 Å². The van der Waals surface area contributed by atoms with Crippen molar-refractivity contribution < 1.29 is 14.3 Å². The molecule has 1 heterocycles. The summed E-state index contributed by atoms with van der Waals surface area (Å²) in [4.78, 5) is 28.8. The van der Waals surface area contributed by atoms with Crippen molar-refractivity contribution >= 4 is 17.9 Å². The van der Waals surface area contributed by atoms with Crippen molar-refractivity contribution in [1.29, 1.82) is 0 Å². The van der Waals surface area contributed by atoms with E-state index < -0.39 is 0 Å². The van der Waals surface area contributed by atoms with Crippen LogP contribution in [0.5, 0.6) is 5.75 Å². The molecule has 0 radical (unpaired) electrons. The van der Waals surface area contributed by atoms with Crippen LogP contribution in [0.1, 0.15) is 22.8 Å². The maximum absolute atomic E-state index is 12.4. The van der Waals surface area contributed by atoms with E-state index in [9.17, 15) is 9.59 Å². The first-order valence-electron chi connectivity index (χ1n) is 10.4. The van der Waals surface area contributed by atoms with Gasteiger partial charge in [-0.15, -0.1) is 0 Å². The van der Waals surface area contributed by atoms with E-state index in [0.29, 0.717) is 25.3 Å². The molecule has 6 heteroatoms. The zero-order valence-corrected chi connectivity index (χ0v) is 17.4. The summed E-state index contributed by atoms with van der Waals surface area (Å²) in [5.41, 5.74) is 1.70. The van der Waals surface area contributed by atoms with Crippen LogP contribution in [0.2, 0.25) is 0 Å². The fraction of sp³-hybridized carbons (Fsp3) is 0.333. The van der Waals surface area contributed by atoms with Crippen molar-refractivity contribution in [2.24, 2.45) is 0 Å². The molecule has 1 saturated heterocycles. The van der Waals surface area contributed by atoms with Gasteiger partial charge in [0.25, 0.3) is 5.91 Å². The molecular weight excluding hydrogens is 378 g/mol. The summed E-state index contributed by atoms with van der Waals surface area (Å²) in [7, 11) is 0. The molecule has 2 aromatic carbocycles. The standard InChI is InChI=1S/C24H29N3O3/c1-2-30-22-12-10-21(11-13-22)24(29)25-19-23(28)27-17-15-26(16-18-27)14-6-9-20-7-4-3-5-8-20/h3-13H,2,14-19H2,1H3,(H,25,29)/b9-6+. The highest BCUT2D eigenvalue weighted by Gasteiger charge is 2.20. The average molecular weight is 408 g/mol. The average Bonchev–Trinajstić information content (AvgIpc) is 2.79. The second-order valence-corrected chi connectivity index (χ2v) is 7.13. The SMILES string of the molecule is CCOc1ccc(C(=O)NCC(=O)N2CCN(C/C=C/c3ccccc3)CC2)cc1. The van der Waals surface area contributed by atoms with E-state index in [0.717, 1.165) is 25.4 Å². The maximum atomic E-state index is 12.4. The molecule has 0 atom stereocenters. The number of ether oxygens (including phenoxy) is 1. The van der Waals surface area contributed by atoms with Gasteiger partial charge in [-0.05, 0) is 36.8 Å². The van der Waals surface area contributed by atoms with Gasteiger partial charge in [0.05, 0.1) is 13.2 Å². The number of nitrogens with zero attached hydrogens (tertiary/aromatic N) is 2. The van der Waals surface area contributed by atoms with Crippen molar-refractivity contribution in [3.05, 3.63) is 71.8 Å². The van der Waals surface area contributed by atoms with Gasteiger partial charge < -0.3 is 15.0 Å². The van der Waals surface area contributed by atoms with Gasteiger partial charge in [-0.2, -0.15) is 0 Å². The van der Waals surface area contributed by atoms with Gasteiger partial charge in [-0.25, -0.2) is 0 Å².